The standard InChI is InChI=1S/C19H22N4O2/c1-3-25-17-9-5-4-8-16(17)22-19(24)21-12-10-14-13-23(2)18-15(14)7-6-11-20-18/h4-9,11,13H,3,10,12H2,1-2H3,(H2,21,22,24). The molecule has 1 aromatic carbocycles. The largest absolute Gasteiger partial charge is 0.492 e. The molecule has 3 rings (SSSR count). The highest BCUT2D eigenvalue weighted by Gasteiger charge is 2.09. The minimum atomic E-state index is -0.245. The molecule has 0 saturated heterocycles. The summed E-state index contributed by atoms with van der Waals surface area (Å²) in [7, 11) is 1.98. The number of hydrogen-bond donors (Lipinski definition) is 2. The van der Waals surface area contributed by atoms with Gasteiger partial charge >= 0.3 is 6.03 Å². The Kier molecular flexibility index (Phi) is 5.18. The summed E-state index contributed by atoms with van der Waals surface area (Å²) in [4.78, 5) is 16.5. The summed E-state index contributed by atoms with van der Waals surface area (Å²) in [6.07, 6.45) is 4.58. The number of aromatic nitrogens is 2. The summed E-state index contributed by atoms with van der Waals surface area (Å²) >= 11 is 0. The van der Waals surface area contributed by atoms with E-state index in [1.807, 2.05) is 48.9 Å². The molecule has 0 unspecified atom stereocenters. The van der Waals surface area contributed by atoms with Crippen LogP contribution in [0.15, 0.2) is 48.8 Å². The second kappa shape index (κ2) is 7.70. The van der Waals surface area contributed by atoms with E-state index in [1.54, 1.807) is 6.20 Å². The van der Waals surface area contributed by atoms with Gasteiger partial charge in [-0.25, -0.2) is 9.78 Å². The normalized spacial score (nSPS) is 10.6. The third-order valence-electron chi connectivity index (χ3n) is 3.93. The minimum Gasteiger partial charge on any atom is -0.492 e. The fourth-order valence-electron chi connectivity index (χ4n) is 2.82. The van der Waals surface area contributed by atoms with E-state index >= 15 is 0 Å². The molecule has 0 atom stereocenters. The maximum absolute atomic E-state index is 12.1. The Labute approximate surface area is 146 Å². The fourth-order valence-corrected chi connectivity index (χ4v) is 2.82. The maximum Gasteiger partial charge on any atom is 0.319 e. The summed E-state index contributed by atoms with van der Waals surface area (Å²) in [6, 6.07) is 11.1. The molecule has 2 N–H and O–H groups in total. The molecule has 3 aromatic rings. The molecule has 2 aromatic heterocycles. The van der Waals surface area contributed by atoms with Crippen molar-refractivity contribution in [3.05, 3.63) is 54.4 Å². The Morgan fingerprint density at radius 1 is 1.24 bits per heavy atom. The quantitative estimate of drug-likeness (QED) is 0.724. The summed E-state index contributed by atoms with van der Waals surface area (Å²) in [5.41, 5.74) is 2.78. The highest BCUT2D eigenvalue weighted by Crippen LogP contribution is 2.23. The summed E-state index contributed by atoms with van der Waals surface area (Å²) in [5, 5.41) is 6.84. The average Bonchev–Trinajstić information content (AvgIpc) is 2.93. The Bertz CT molecular complexity index is 873. The van der Waals surface area contributed by atoms with Gasteiger partial charge in [0.15, 0.2) is 0 Å². The first-order chi connectivity index (χ1) is 12.2. The summed E-state index contributed by atoms with van der Waals surface area (Å²) in [6.45, 7) is 3.00. The van der Waals surface area contributed by atoms with Crippen molar-refractivity contribution in [1.82, 2.24) is 14.9 Å². The van der Waals surface area contributed by atoms with Gasteiger partial charge in [-0.2, -0.15) is 0 Å². The Hall–Kier alpha value is -3.02. The van der Waals surface area contributed by atoms with Crippen LogP contribution in [0.3, 0.4) is 0 Å². The number of nitrogens with one attached hydrogen (secondary N) is 2. The molecule has 0 spiro atoms. The molecule has 6 nitrogen and oxygen atoms in total. The molecule has 0 aliphatic rings. The van der Waals surface area contributed by atoms with E-state index in [2.05, 4.69) is 27.9 Å². The van der Waals surface area contributed by atoms with Gasteiger partial charge in [0.25, 0.3) is 0 Å². The molecule has 6 heteroatoms. The number of aryl methyl sites for hydroxylation is 1. The number of benzene rings is 1. The van der Waals surface area contributed by atoms with E-state index in [1.165, 1.54) is 5.56 Å². The number of pyridine rings is 1. The van der Waals surface area contributed by atoms with E-state index in [4.69, 9.17) is 4.74 Å². The minimum absolute atomic E-state index is 0.245. The van der Waals surface area contributed by atoms with Crippen molar-refractivity contribution in [2.24, 2.45) is 7.05 Å². The predicted octanol–water partition coefficient (Wildman–Crippen LogP) is 3.34. The zero-order valence-corrected chi connectivity index (χ0v) is 14.5. The van der Waals surface area contributed by atoms with Gasteiger partial charge in [-0.1, -0.05) is 12.1 Å². The van der Waals surface area contributed by atoms with Crippen molar-refractivity contribution >= 4 is 22.8 Å². The van der Waals surface area contributed by atoms with Crippen molar-refractivity contribution in [3.8, 4) is 5.75 Å². The molecule has 0 fully saturated rings. The smallest absolute Gasteiger partial charge is 0.319 e. The third kappa shape index (κ3) is 3.91. The fraction of sp³-hybridized carbons (Fsp3) is 0.263. The van der Waals surface area contributed by atoms with Gasteiger partial charge in [-0.15, -0.1) is 0 Å². The molecular formula is C19H22N4O2. The second-order valence-corrected chi connectivity index (χ2v) is 5.70. The van der Waals surface area contributed by atoms with Crippen LogP contribution >= 0.6 is 0 Å². The maximum atomic E-state index is 12.1. The van der Waals surface area contributed by atoms with Gasteiger partial charge < -0.3 is 19.9 Å². The number of urea groups is 1. The summed E-state index contributed by atoms with van der Waals surface area (Å²) in [5.74, 6) is 0.667. The molecule has 2 amide bonds. The number of fused-ring (bicyclic) bond motifs is 1. The zero-order valence-electron chi connectivity index (χ0n) is 14.5. The number of nitrogens with zero attached hydrogens (tertiary/aromatic N) is 2. The molecule has 2 heterocycles. The van der Waals surface area contributed by atoms with E-state index < -0.39 is 0 Å². The zero-order chi connectivity index (χ0) is 17.6. The molecule has 130 valence electrons. The van der Waals surface area contributed by atoms with Gasteiger partial charge in [0, 0.05) is 31.4 Å². The van der Waals surface area contributed by atoms with Crippen LogP contribution in [0.2, 0.25) is 0 Å². The monoisotopic (exact) mass is 338 g/mol. The van der Waals surface area contributed by atoms with Crippen molar-refractivity contribution < 1.29 is 9.53 Å². The number of hydrogen-bond acceptors (Lipinski definition) is 3. The highest BCUT2D eigenvalue weighted by molar-refractivity contribution is 5.91. The predicted molar refractivity (Wildman–Crippen MR) is 99.1 cm³/mol. The van der Waals surface area contributed by atoms with Crippen LogP contribution in [0.25, 0.3) is 11.0 Å². The van der Waals surface area contributed by atoms with Crippen LogP contribution in [0.1, 0.15) is 12.5 Å². The Morgan fingerprint density at radius 3 is 2.92 bits per heavy atom. The SMILES string of the molecule is CCOc1ccccc1NC(=O)NCCc1cn(C)c2ncccc12. The van der Waals surface area contributed by atoms with E-state index in [0.29, 0.717) is 24.6 Å². The first kappa shape index (κ1) is 16.8. The lowest BCUT2D eigenvalue weighted by Crippen LogP contribution is -2.30. The third-order valence-corrected chi connectivity index (χ3v) is 3.93. The number of ether oxygens (including phenoxy) is 1. The average molecular weight is 338 g/mol. The van der Waals surface area contributed by atoms with Crippen LogP contribution in [0.4, 0.5) is 10.5 Å². The number of para-hydroxylation sites is 2. The number of carbonyl (C=O) groups excluding carboxylic acids is 1. The lowest BCUT2D eigenvalue weighted by atomic mass is 10.1. The van der Waals surface area contributed by atoms with Gasteiger partial charge in [-0.05, 0) is 43.2 Å². The van der Waals surface area contributed by atoms with Gasteiger partial charge in [0.05, 0.1) is 12.3 Å². The van der Waals surface area contributed by atoms with E-state index in [9.17, 15) is 4.79 Å². The first-order valence-corrected chi connectivity index (χ1v) is 8.34. The van der Waals surface area contributed by atoms with Gasteiger partial charge in [-0.3, -0.25) is 0 Å². The first-order valence-electron chi connectivity index (χ1n) is 8.34. The molecule has 0 saturated carbocycles. The Balaban J connectivity index is 1.58. The summed E-state index contributed by atoms with van der Waals surface area (Å²) < 4.78 is 7.51. The van der Waals surface area contributed by atoms with Crippen molar-refractivity contribution in [2.45, 2.75) is 13.3 Å². The van der Waals surface area contributed by atoms with Crippen LogP contribution in [-0.2, 0) is 13.5 Å². The lowest BCUT2D eigenvalue weighted by molar-refractivity contribution is 0.252. The van der Waals surface area contributed by atoms with Gasteiger partial charge in [0.2, 0.25) is 0 Å². The second-order valence-electron chi connectivity index (χ2n) is 5.70. The molecule has 0 aliphatic carbocycles. The molecule has 0 bridgehead atoms. The van der Waals surface area contributed by atoms with Crippen molar-refractivity contribution in [1.29, 1.82) is 0 Å². The topological polar surface area (TPSA) is 68.2 Å². The highest BCUT2D eigenvalue weighted by atomic mass is 16.5. The van der Waals surface area contributed by atoms with Crippen molar-refractivity contribution in [2.75, 3.05) is 18.5 Å². The molecule has 0 aliphatic heterocycles. The number of anilines is 1. The van der Waals surface area contributed by atoms with Crippen molar-refractivity contribution in [3.63, 3.8) is 0 Å². The van der Waals surface area contributed by atoms with E-state index in [-0.39, 0.29) is 6.03 Å². The molecular weight excluding hydrogens is 316 g/mol. The molecule has 25 heavy (non-hydrogen) atoms. The Morgan fingerprint density at radius 2 is 2.08 bits per heavy atom. The van der Waals surface area contributed by atoms with E-state index in [0.717, 1.165) is 17.5 Å². The molecule has 0 radical (unpaired) electrons. The lowest BCUT2D eigenvalue weighted by Gasteiger charge is -2.12. The van der Waals surface area contributed by atoms with Crippen LogP contribution in [-0.4, -0.2) is 28.7 Å². The number of carbonyl (C=O) groups is 1. The van der Waals surface area contributed by atoms with Crippen LogP contribution < -0.4 is 15.4 Å². The number of amides is 2. The van der Waals surface area contributed by atoms with Crippen LogP contribution in [0.5, 0.6) is 5.75 Å². The number of rotatable bonds is 6. The van der Waals surface area contributed by atoms with Crippen LogP contribution in [0, 0.1) is 0 Å². The van der Waals surface area contributed by atoms with Gasteiger partial charge in [0.1, 0.15) is 11.4 Å².